The third-order valence-electron chi connectivity index (χ3n) is 3.16. The van der Waals surface area contributed by atoms with Crippen molar-refractivity contribution in [3.63, 3.8) is 0 Å². The van der Waals surface area contributed by atoms with Crippen molar-refractivity contribution in [2.75, 3.05) is 0 Å². The summed E-state index contributed by atoms with van der Waals surface area (Å²) in [7, 11) is -3.43. The number of hydrogen-bond donors (Lipinski definition) is 2. The van der Waals surface area contributed by atoms with E-state index in [2.05, 4.69) is 26.0 Å². The lowest BCUT2D eigenvalue weighted by atomic mass is 10.4. The summed E-state index contributed by atoms with van der Waals surface area (Å²) in [5.41, 5.74) is 0. The molecule has 2 heterocycles. The van der Waals surface area contributed by atoms with Gasteiger partial charge in [0.15, 0.2) is 0 Å². The molecule has 114 valence electrons. The second kappa shape index (κ2) is 6.47. The second-order valence-corrected chi connectivity index (χ2v) is 9.91. The van der Waals surface area contributed by atoms with E-state index in [1.807, 2.05) is 17.5 Å². The summed E-state index contributed by atoms with van der Waals surface area (Å²) < 4.78 is 28.5. The van der Waals surface area contributed by atoms with Crippen LogP contribution in [-0.4, -0.2) is 14.5 Å². The maximum Gasteiger partial charge on any atom is 0.250 e. The van der Waals surface area contributed by atoms with Gasteiger partial charge in [-0.15, -0.1) is 22.7 Å². The molecule has 2 N–H and O–H groups in total. The number of nitrogens with one attached hydrogen (secondary N) is 2. The van der Waals surface area contributed by atoms with Gasteiger partial charge < -0.3 is 5.32 Å². The standard InChI is InChI=1S/C13H15BrN2O2S3/c14-11-5-6-19-12(11)8-16-21(17,18)13-4-3-10(20-13)7-15-9-1-2-9/h3-6,9,15-16H,1-2,7-8H2. The van der Waals surface area contributed by atoms with E-state index in [1.54, 1.807) is 6.07 Å². The Bertz CT molecular complexity index is 719. The van der Waals surface area contributed by atoms with Crippen LogP contribution in [0.4, 0.5) is 0 Å². The van der Waals surface area contributed by atoms with Crippen LogP contribution >= 0.6 is 38.6 Å². The average Bonchev–Trinajstić information content (AvgIpc) is 2.98. The van der Waals surface area contributed by atoms with E-state index < -0.39 is 10.0 Å². The average molecular weight is 407 g/mol. The third-order valence-corrected chi connectivity index (χ3v) is 8.06. The Kier molecular flexibility index (Phi) is 4.82. The van der Waals surface area contributed by atoms with Gasteiger partial charge >= 0.3 is 0 Å². The zero-order valence-electron chi connectivity index (χ0n) is 11.1. The first kappa shape index (κ1) is 15.6. The number of sulfonamides is 1. The van der Waals surface area contributed by atoms with E-state index >= 15 is 0 Å². The Morgan fingerprint density at radius 3 is 2.71 bits per heavy atom. The van der Waals surface area contributed by atoms with Crippen LogP contribution < -0.4 is 10.0 Å². The Hall–Kier alpha value is -0.250. The van der Waals surface area contributed by atoms with E-state index in [-0.39, 0.29) is 0 Å². The molecule has 8 heteroatoms. The van der Waals surface area contributed by atoms with Gasteiger partial charge in [0.05, 0.1) is 0 Å². The van der Waals surface area contributed by atoms with E-state index in [0.29, 0.717) is 16.8 Å². The first-order chi connectivity index (χ1) is 10.0. The molecule has 0 atom stereocenters. The maximum atomic E-state index is 12.3. The second-order valence-electron chi connectivity index (χ2n) is 4.89. The van der Waals surface area contributed by atoms with Crippen LogP contribution in [0.3, 0.4) is 0 Å². The SMILES string of the molecule is O=S(=O)(NCc1sccc1Br)c1ccc(CNC2CC2)s1. The Morgan fingerprint density at radius 2 is 2.05 bits per heavy atom. The van der Waals surface area contributed by atoms with E-state index in [0.717, 1.165) is 20.8 Å². The molecule has 0 spiro atoms. The lowest BCUT2D eigenvalue weighted by Crippen LogP contribution is -2.22. The summed E-state index contributed by atoms with van der Waals surface area (Å²) >= 11 is 6.26. The monoisotopic (exact) mass is 406 g/mol. The highest BCUT2D eigenvalue weighted by atomic mass is 79.9. The van der Waals surface area contributed by atoms with E-state index in [1.165, 1.54) is 35.5 Å². The smallest absolute Gasteiger partial charge is 0.250 e. The van der Waals surface area contributed by atoms with Gasteiger partial charge in [0.25, 0.3) is 0 Å². The molecule has 21 heavy (non-hydrogen) atoms. The Labute approximate surface area is 140 Å². The lowest BCUT2D eigenvalue weighted by molar-refractivity contribution is 0.584. The Morgan fingerprint density at radius 1 is 1.24 bits per heavy atom. The summed E-state index contributed by atoms with van der Waals surface area (Å²) in [5.74, 6) is 0. The number of halogens is 1. The van der Waals surface area contributed by atoms with Crippen LogP contribution in [0.2, 0.25) is 0 Å². The molecule has 1 saturated carbocycles. The molecular weight excluding hydrogens is 392 g/mol. The fourth-order valence-corrected chi connectivity index (χ4v) is 5.68. The molecule has 0 aromatic carbocycles. The van der Waals surface area contributed by atoms with Gasteiger partial charge in [-0.3, -0.25) is 0 Å². The topological polar surface area (TPSA) is 58.2 Å². The summed E-state index contributed by atoms with van der Waals surface area (Å²) in [4.78, 5) is 2.03. The largest absolute Gasteiger partial charge is 0.309 e. The predicted molar refractivity (Wildman–Crippen MR) is 90.2 cm³/mol. The van der Waals surface area contributed by atoms with Crippen LogP contribution in [0.15, 0.2) is 32.3 Å². The van der Waals surface area contributed by atoms with Gasteiger partial charge in [-0.2, -0.15) is 0 Å². The molecule has 1 aliphatic rings. The van der Waals surface area contributed by atoms with Crippen molar-refractivity contribution in [3.05, 3.63) is 37.8 Å². The third kappa shape index (κ3) is 4.14. The van der Waals surface area contributed by atoms with Gasteiger partial charge in [-0.05, 0) is 52.4 Å². The predicted octanol–water partition coefficient (Wildman–Crippen LogP) is 3.30. The molecular formula is C13H15BrN2O2S3. The summed E-state index contributed by atoms with van der Waals surface area (Å²) in [6, 6.07) is 6.11. The molecule has 0 unspecified atom stereocenters. The highest BCUT2D eigenvalue weighted by Gasteiger charge is 2.21. The van der Waals surface area contributed by atoms with Crippen LogP contribution in [0, 0.1) is 0 Å². The minimum absolute atomic E-state index is 0.314. The highest BCUT2D eigenvalue weighted by Crippen LogP contribution is 2.26. The molecule has 1 fully saturated rings. The van der Waals surface area contributed by atoms with Gasteiger partial charge in [0.2, 0.25) is 10.0 Å². The van der Waals surface area contributed by atoms with Crippen molar-refractivity contribution in [2.24, 2.45) is 0 Å². The molecule has 1 aliphatic carbocycles. The highest BCUT2D eigenvalue weighted by molar-refractivity contribution is 9.10. The van der Waals surface area contributed by atoms with Gasteiger partial charge in [0.1, 0.15) is 4.21 Å². The van der Waals surface area contributed by atoms with Gasteiger partial charge in [-0.25, -0.2) is 13.1 Å². The zero-order chi connectivity index (χ0) is 14.9. The summed E-state index contributed by atoms with van der Waals surface area (Å²) in [6.07, 6.45) is 2.46. The molecule has 0 radical (unpaired) electrons. The molecule has 0 saturated heterocycles. The fourth-order valence-electron chi connectivity index (χ4n) is 1.81. The van der Waals surface area contributed by atoms with Crippen molar-refractivity contribution < 1.29 is 8.42 Å². The first-order valence-corrected chi connectivity index (χ1v) is 10.6. The maximum absolute atomic E-state index is 12.3. The number of thiophene rings is 2. The number of hydrogen-bond acceptors (Lipinski definition) is 5. The lowest BCUT2D eigenvalue weighted by Gasteiger charge is -2.03. The number of rotatable bonds is 7. The molecule has 2 aromatic rings. The zero-order valence-corrected chi connectivity index (χ0v) is 15.2. The van der Waals surface area contributed by atoms with Crippen LogP contribution in [0.25, 0.3) is 0 Å². The summed E-state index contributed by atoms with van der Waals surface area (Å²) in [5, 5.41) is 5.32. The summed E-state index contributed by atoms with van der Waals surface area (Å²) in [6.45, 7) is 1.06. The molecule has 0 amide bonds. The minimum atomic E-state index is -3.43. The normalized spacial score (nSPS) is 15.5. The van der Waals surface area contributed by atoms with Crippen LogP contribution in [0.1, 0.15) is 22.6 Å². The molecule has 4 nitrogen and oxygen atoms in total. The van der Waals surface area contributed by atoms with Gasteiger partial charge in [-0.1, -0.05) is 0 Å². The van der Waals surface area contributed by atoms with Crippen molar-refractivity contribution in [2.45, 2.75) is 36.2 Å². The molecule has 0 aliphatic heterocycles. The quantitative estimate of drug-likeness (QED) is 0.741. The van der Waals surface area contributed by atoms with Crippen molar-refractivity contribution >= 4 is 48.6 Å². The molecule has 3 rings (SSSR count). The fraction of sp³-hybridized carbons (Fsp3) is 0.385. The van der Waals surface area contributed by atoms with Crippen LogP contribution in [-0.2, 0) is 23.1 Å². The van der Waals surface area contributed by atoms with Crippen LogP contribution in [0.5, 0.6) is 0 Å². The van der Waals surface area contributed by atoms with E-state index in [4.69, 9.17) is 0 Å². The van der Waals surface area contributed by atoms with E-state index in [9.17, 15) is 8.42 Å². The van der Waals surface area contributed by atoms with Gasteiger partial charge in [0, 0.05) is 33.4 Å². The van der Waals surface area contributed by atoms with Crippen molar-refractivity contribution in [1.82, 2.24) is 10.0 Å². The minimum Gasteiger partial charge on any atom is -0.309 e. The molecule has 2 aromatic heterocycles. The Balaban J connectivity index is 1.62. The molecule has 0 bridgehead atoms. The first-order valence-electron chi connectivity index (χ1n) is 6.58. The van der Waals surface area contributed by atoms with Crippen molar-refractivity contribution in [3.8, 4) is 0 Å². The van der Waals surface area contributed by atoms with Crippen molar-refractivity contribution in [1.29, 1.82) is 0 Å².